The zero-order valence-electron chi connectivity index (χ0n) is 18.1. The maximum Gasteiger partial charge on any atom is 0.431 e. The van der Waals surface area contributed by atoms with Crippen LogP contribution in [0.4, 0.5) is 17.6 Å². The average Bonchev–Trinajstić information content (AvgIpc) is 3.25. The molecule has 0 bridgehead atoms. The minimum atomic E-state index is -4.97. The number of aliphatic carboxylic acids is 1. The zero-order chi connectivity index (χ0) is 25.4. The van der Waals surface area contributed by atoms with Gasteiger partial charge >= 0.3 is 17.8 Å². The van der Waals surface area contributed by atoms with E-state index in [9.17, 15) is 37.1 Å². The van der Waals surface area contributed by atoms with Gasteiger partial charge in [0.1, 0.15) is 16.3 Å². The third-order valence-corrected chi connectivity index (χ3v) is 7.76. The molecule has 0 amide bonds. The predicted octanol–water partition coefficient (Wildman–Crippen LogP) is 4.10. The minimum Gasteiger partial charge on any atom is -0.480 e. The molecule has 1 fully saturated rings. The molecular weight excluding hydrogens is 504 g/mol. The molecule has 1 aliphatic heterocycles. The van der Waals surface area contributed by atoms with Crippen molar-refractivity contribution in [1.82, 2.24) is 9.13 Å². The number of carboxylic acid groups (broad SMARTS) is 1. The van der Waals surface area contributed by atoms with Crippen molar-refractivity contribution >= 4 is 29.3 Å². The normalized spacial score (nSPS) is 18.1. The standard InChI is InChI=1S/C21H21ClF4N2O5S/c1-3-20(18(30)31,9-11-4-5-33-10-11)34-15-7-14(13(23)6-12(15)22)28-17(29)8-16(21(24,25)26)27(2)19(28)32/h6-8,11H,3-5,9-10H2,1-2H3,(H,30,31). The average molecular weight is 525 g/mol. The van der Waals surface area contributed by atoms with E-state index < -0.39 is 45.3 Å². The fraction of sp³-hybridized carbons (Fsp3) is 0.476. The topological polar surface area (TPSA) is 90.5 Å². The van der Waals surface area contributed by atoms with Gasteiger partial charge in [0.25, 0.3) is 5.56 Å². The highest BCUT2D eigenvalue weighted by molar-refractivity contribution is 8.01. The Labute approximate surface area is 200 Å². The first-order chi connectivity index (χ1) is 15.8. The Morgan fingerprint density at radius 2 is 1.97 bits per heavy atom. The quantitative estimate of drug-likeness (QED) is 0.433. The van der Waals surface area contributed by atoms with Gasteiger partial charge in [-0.05, 0) is 37.3 Å². The number of benzene rings is 1. The lowest BCUT2D eigenvalue weighted by molar-refractivity contribution is -0.144. The van der Waals surface area contributed by atoms with Crippen molar-refractivity contribution in [1.29, 1.82) is 0 Å². The number of carboxylic acids is 1. The number of aromatic nitrogens is 2. The molecule has 1 aromatic heterocycles. The van der Waals surface area contributed by atoms with Gasteiger partial charge in [0.15, 0.2) is 0 Å². The lowest BCUT2D eigenvalue weighted by Gasteiger charge is -2.30. The first-order valence-electron chi connectivity index (χ1n) is 10.2. The van der Waals surface area contributed by atoms with Crippen LogP contribution in [-0.4, -0.2) is 38.2 Å². The fourth-order valence-corrected chi connectivity index (χ4v) is 5.41. The summed E-state index contributed by atoms with van der Waals surface area (Å²) in [5.74, 6) is -2.28. The van der Waals surface area contributed by atoms with Crippen molar-refractivity contribution < 1.29 is 32.2 Å². The molecule has 7 nitrogen and oxygen atoms in total. The summed E-state index contributed by atoms with van der Waals surface area (Å²) < 4.78 is 58.6. The van der Waals surface area contributed by atoms with Crippen molar-refractivity contribution in [3.8, 4) is 5.69 Å². The Morgan fingerprint density at radius 1 is 1.29 bits per heavy atom. The highest BCUT2D eigenvalue weighted by Gasteiger charge is 2.42. The molecule has 13 heteroatoms. The summed E-state index contributed by atoms with van der Waals surface area (Å²) in [6, 6.07) is 2.00. The van der Waals surface area contributed by atoms with E-state index in [1.54, 1.807) is 6.92 Å². The van der Waals surface area contributed by atoms with Gasteiger partial charge in [-0.3, -0.25) is 14.2 Å². The molecule has 1 N–H and O–H groups in total. The summed E-state index contributed by atoms with van der Waals surface area (Å²) in [7, 11) is 0.806. The largest absolute Gasteiger partial charge is 0.480 e. The van der Waals surface area contributed by atoms with Gasteiger partial charge in [-0.1, -0.05) is 18.5 Å². The van der Waals surface area contributed by atoms with E-state index >= 15 is 0 Å². The van der Waals surface area contributed by atoms with E-state index in [0.717, 1.165) is 30.9 Å². The first kappa shape index (κ1) is 26.3. The molecule has 0 spiro atoms. The number of hydrogen-bond donors (Lipinski definition) is 1. The molecule has 2 heterocycles. The number of carbonyl (C=O) groups is 1. The van der Waals surface area contributed by atoms with Crippen LogP contribution in [-0.2, 0) is 22.8 Å². The molecule has 34 heavy (non-hydrogen) atoms. The summed E-state index contributed by atoms with van der Waals surface area (Å²) >= 11 is 7.01. The SMILES string of the molecule is CCC(CC1CCOC1)(Sc1cc(-n2c(=O)cc(C(F)(F)F)n(C)c2=O)c(F)cc1Cl)C(=O)O. The lowest BCUT2D eigenvalue weighted by atomic mass is 9.91. The second-order valence-corrected chi connectivity index (χ2v) is 9.80. The molecule has 1 aromatic carbocycles. The highest BCUT2D eigenvalue weighted by Crippen LogP contribution is 2.45. The van der Waals surface area contributed by atoms with Gasteiger partial charge in [0, 0.05) is 31.2 Å². The van der Waals surface area contributed by atoms with E-state index in [4.69, 9.17) is 16.3 Å². The van der Waals surface area contributed by atoms with Crippen LogP contribution in [0.25, 0.3) is 5.69 Å². The number of nitrogens with zero attached hydrogens (tertiary/aromatic N) is 2. The summed E-state index contributed by atoms with van der Waals surface area (Å²) in [6.07, 6.45) is -3.89. The molecule has 3 rings (SSSR count). The number of hydrogen-bond acceptors (Lipinski definition) is 5. The minimum absolute atomic E-state index is 0.0212. The Hall–Kier alpha value is -2.31. The van der Waals surface area contributed by atoms with E-state index in [2.05, 4.69) is 0 Å². The second kappa shape index (κ2) is 9.74. The molecular formula is C21H21ClF4N2O5S. The first-order valence-corrected chi connectivity index (χ1v) is 11.4. The molecule has 2 atom stereocenters. The second-order valence-electron chi connectivity index (χ2n) is 7.97. The molecule has 0 saturated carbocycles. The van der Waals surface area contributed by atoms with E-state index in [1.807, 2.05) is 0 Å². The monoisotopic (exact) mass is 524 g/mol. The van der Waals surface area contributed by atoms with Gasteiger partial charge in [0.05, 0.1) is 10.7 Å². The van der Waals surface area contributed by atoms with Crippen molar-refractivity contribution in [3.63, 3.8) is 0 Å². The maximum absolute atomic E-state index is 14.8. The number of alkyl halides is 3. The predicted molar refractivity (Wildman–Crippen MR) is 117 cm³/mol. The third kappa shape index (κ3) is 5.03. The molecule has 1 aliphatic rings. The van der Waals surface area contributed by atoms with Crippen LogP contribution in [0.3, 0.4) is 0 Å². The van der Waals surface area contributed by atoms with E-state index in [-0.39, 0.29) is 43.9 Å². The van der Waals surface area contributed by atoms with E-state index in [0.29, 0.717) is 19.6 Å². The maximum atomic E-state index is 14.8. The van der Waals surface area contributed by atoms with Crippen molar-refractivity contribution in [2.45, 2.75) is 42.0 Å². The van der Waals surface area contributed by atoms with Gasteiger partial charge < -0.3 is 9.84 Å². The highest BCUT2D eigenvalue weighted by atomic mass is 35.5. The molecule has 2 unspecified atom stereocenters. The fourth-order valence-electron chi connectivity index (χ4n) is 3.85. The lowest BCUT2D eigenvalue weighted by Crippen LogP contribution is -2.41. The molecule has 1 saturated heterocycles. The summed E-state index contributed by atoms with van der Waals surface area (Å²) in [5, 5.41) is 9.85. The Balaban J connectivity index is 2.13. The third-order valence-electron chi connectivity index (χ3n) is 5.76. The van der Waals surface area contributed by atoms with Crippen LogP contribution < -0.4 is 11.2 Å². The molecule has 186 valence electrons. The Kier molecular flexibility index (Phi) is 7.54. The van der Waals surface area contributed by atoms with Gasteiger partial charge in [-0.15, -0.1) is 11.8 Å². The number of halogens is 5. The molecule has 0 aliphatic carbocycles. The Bertz CT molecular complexity index is 1220. The van der Waals surface area contributed by atoms with Crippen molar-refractivity contribution in [2.75, 3.05) is 13.2 Å². The Morgan fingerprint density at radius 3 is 2.50 bits per heavy atom. The van der Waals surface area contributed by atoms with E-state index in [1.165, 1.54) is 0 Å². The summed E-state index contributed by atoms with van der Waals surface area (Å²) in [4.78, 5) is 37.4. The van der Waals surface area contributed by atoms with Crippen molar-refractivity contribution in [2.24, 2.45) is 13.0 Å². The van der Waals surface area contributed by atoms with Gasteiger partial charge in [-0.2, -0.15) is 13.2 Å². The van der Waals surface area contributed by atoms with Gasteiger partial charge in [-0.25, -0.2) is 13.8 Å². The van der Waals surface area contributed by atoms with Gasteiger partial charge in [0.2, 0.25) is 0 Å². The molecule has 0 radical (unpaired) electrons. The van der Waals surface area contributed by atoms with Crippen molar-refractivity contribution in [3.05, 3.63) is 55.6 Å². The van der Waals surface area contributed by atoms with Crippen LogP contribution in [0.2, 0.25) is 5.02 Å². The van der Waals surface area contributed by atoms with Crippen LogP contribution in [0.15, 0.2) is 32.7 Å². The van der Waals surface area contributed by atoms with Crippen LogP contribution >= 0.6 is 23.4 Å². The zero-order valence-corrected chi connectivity index (χ0v) is 19.7. The van der Waals surface area contributed by atoms with Crippen LogP contribution in [0, 0.1) is 11.7 Å². The number of ether oxygens (including phenoxy) is 1. The number of rotatable bonds is 7. The smallest absolute Gasteiger partial charge is 0.431 e. The summed E-state index contributed by atoms with van der Waals surface area (Å²) in [6.45, 7) is 2.58. The summed E-state index contributed by atoms with van der Waals surface area (Å²) in [5.41, 5.74) is -4.93. The molecule has 2 aromatic rings. The number of thioether (sulfide) groups is 1. The van der Waals surface area contributed by atoms with Crippen LogP contribution in [0.1, 0.15) is 31.9 Å². The van der Waals surface area contributed by atoms with Crippen LogP contribution in [0.5, 0.6) is 0 Å².